The Kier molecular flexibility index (Phi) is 4.18. The van der Waals surface area contributed by atoms with Crippen LogP contribution in [0.5, 0.6) is 0 Å². The van der Waals surface area contributed by atoms with Crippen LogP contribution in [0.25, 0.3) is 0 Å². The van der Waals surface area contributed by atoms with Crippen LogP contribution in [0.15, 0.2) is 22.8 Å². The molecular formula is C8H11BrN4O. The van der Waals surface area contributed by atoms with Crippen molar-refractivity contribution < 1.29 is 4.79 Å². The number of nitrogens with one attached hydrogen (secondary N) is 2. The molecule has 6 heteroatoms. The zero-order valence-corrected chi connectivity index (χ0v) is 9.04. The number of urea groups is 1. The number of carbonyl (C=O) groups is 1. The average molecular weight is 259 g/mol. The maximum Gasteiger partial charge on any atom is 0.312 e. The molecule has 0 unspecified atom stereocenters. The third kappa shape index (κ3) is 4.08. The summed E-state index contributed by atoms with van der Waals surface area (Å²) in [6, 6.07) is 3.21. The van der Waals surface area contributed by atoms with Crippen LogP contribution in [0, 0.1) is 0 Å². The summed E-state index contributed by atoms with van der Waals surface area (Å²) in [5.74, 6) is 0.763. The van der Waals surface area contributed by atoms with Crippen molar-refractivity contribution in [1.82, 2.24) is 10.3 Å². The van der Waals surface area contributed by atoms with Crippen LogP contribution in [0.2, 0.25) is 0 Å². The summed E-state index contributed by atoms with van der Waals surface area (Å²) in [4.78, 5) is 14.4. The van der Waals surface area contributed by atoms with Gasteiger partial charge in [0, 0.05) is 23.8 Å². The largest absolute Gasteiger partial charge is 0.368 e. The maximum absolute atomic E-state index is 10.3. The van der Waals surface area contributed by atoms with Gasteiger partial charge < -0.3 is 16.4 Å². The van der Waals surface area contributed by atoms with Gasteiger partial charge in [0.2, 0.25) is 0 Å². The number of halogens is 1. The number of hydrogen-bond donors (Lipinski definition) is 3. The fraction of sp³-hybridized carbons (Fsp3) is 0.250. The number of aromatic nitrogens is 1. The minimum absolute atomic E-state index is 0.479. The van der Waals surface area contributed by atoms with Crippen molar-refractivity contribution in [2.24, 2.45) is 5.73 Å². The molecule has 0 spiro atoms. The molecule has 0 radical (unpaired) electrons. The number of amides is 2. The zero-order chi connectivity index (χ0) is 10.4. The van der Waals surface area contributed by atoms with Crippen molar-refractivity contribution >= 4 is 27.8 Å². The lowest BCUT2D eigenvalue weighted by atomic mass is 10.4. The number of primary amides is 1. The summed E-state index contributed by atoms with van der Waals surface area (Å²) in [6.45, 7) is 1.07. The van der Waals surface area contributed by atoms with E-state index < -0.39 is 6.03 Å². The van der Waals surface area contributed by atoms with Gasteiger partial charge in [-0.15, -0.1) is 0 Å². The van der Waals surface area contributed by atoms with Gasteiger partial charge in [0.15, 0.2) is 0 Å². The summed E-state index contributed by atoms with van der Waals surface area (Å²) in [5, 5.41) is 5.49. The molecule has 0 saturated carbocycles. The van der Waals surface area contributed by atoms with Gasteiger partial charge in [-0.1, -0.05) is 0 Å². The molecule has 0 saturated heterocycles. The lowest BCUT2D eigenvalue weighted by Crippen LogP contribution is -2.33. The molecule has 1 rings (SSSR count). The molecule has 0 atom stereocenters. The van der Waals surface area contributed by atoms with Crippen molar-refractivity contribution in [2.75, 3.05) is 18.4 Å². The minimum Gasteiger partial charge on any atom is -0.368 e. The number of anilines is 1. The Bertz CT molecular complexity index is 301. The summed E-state index contributed by atoms with van der Waals surface area (Å²) < 4.78 is 0.929. The van der Waals surface area contributed by atoms with Crippen LogP contribution < -0.4 is 16.4 Å². The normalized spacial score (nSPS) is 9.50. The topological polar surface area (TPSA) is 80.0 Å². The standard InChI is InChI=1S/C8H11BrN4O/c9-6-1-2-7(13-5-6)11-3-4-12-8(10)14/h1-2,5H,3-4H2,(H,11,13)(H3,10,12,14). The van der Waals surface area contributed by atoms with Gasteiger partial charge in [-0.3, -0.25) is 0 Å². The number of nitrogens with two attached hydrogens (primary N) is 1. The van der Waals surface area contributed by atoms with Crippen LogP contribution in [0.4, 0.5) is 10.6 Å². The van der Waals surface area contributed by atoms with Gasteiger partial charge in [-0.05, 0) is 28.1 Å². The Morgan fingerprint density at radius 2 is 2.29 bits per heavy atom. The predicted octanol–water partition coefficient (Wildman–Crippen LogP) is 0.924. The molecule has 2 amide bonds. The van der Waals surface area contributed by atoms with E-state index in [-0.39, 0.29) is 0 Å². The first kappa shape index (κ1) is 10.8. The minimum atomic E-state index is -0.518. The average Bonchev–Trinajstić information content (AvgIpc) is 2.15. The van der Waals surface area contributed by atoms with Crippen LogP contribution in [0.1, 0.15) is 0 Å². The molecular weight excluding hydrogens is 248 g/mol. The number of hydrogen-bond acceptors (Lipinski definition) is 3. The monoisotopic (exact) mass is 258 g/mol. The Morgan fingerprint density at radius 3 is 2.86 bits per heavy atom. The molecule has 1 aromatic rings. The van der Waals surface area contributed by atoms with E-state index in [2.05, 4.69) is 31.5 Å². The van der Waals surface area contributed by atoms with Crippen molar-refractivity contribution in [3.8, 4) is 0 Å². The predicted molar refractivity (Wildman–Crippen MR) is 58.0 cm³/mol. The molecule has 0 aliphatic rings. The van der Waals surface area contributed by atoms with E-state index in [0.717, 1.165) is 10.3 Å². The SMILES string of the molecule is NC(=O)NCCNc1ccc(Br)cn1. The van der Waals surface area contributed by atoms with Crippen LogP contribution >= 0.6 is 15.9 Å². The maximum atomic E-state index is 10.3. The molecule has 14 heavy (non-hydrogen) atoms. The van der Waals surface area contributed by atoms with Crippen molar-refractivity contribution in [1.29, 1.82) is 0 Å². The van der Waals surface area contributed by atoms with Gasteiger partial charge in [0.1, 0.15) is 5.82 Å². The molecule has 0 bridgehead atoms. The summed E-state index contributed by atoms with van der Waals surface area (Å²) >= 11 is 3.28. The van der Waals surface area contributed by atoms with Crippen molar-refractivity contribution in [3.05, 3.63) is 22.8 Å². The van der Waals surface area contributed by atoms with Gasteiger partial charge in [-0.25, -0.2) is 9.78 Å². The smallest absolute Gasteiger partial charge is 0.312 e. The van der Waals surface area contributed by atoms with E-state index in [4.69, 9.17) is 5.73 Å². The highest BCUT2D eigenvalue weighted by molar-refractivity contribution is 9.10. The number of carbonyl (C=O) groups excluding carboxylic acids is 1. The number of pyridine rings is 1. The van der Waals surface area contributed by atoms with E-state index >= 15 is 0 Å². The lowest BCUT2D eigenvalue weighted by Gasteiger charge is -2.05. The summed E-state index contributed by atoms with van der Waals surface area (Å²) in [6.07, 6.45) is 1.70. The first-order valence-corrected chi connectivity index (χ1v) is 4.86. The first-order chi connectivity index (χ1) is 6.68. The zero-order valence-electron chi connectivity index (χ0n) is 7.46. The summed E-state index contributed by atoms with van der Waals surface area (Å²) in [7, 11) is 0. The van der Waals surface area contributed by atoms with Gasteiger partial charge >= 0.3 is 6.03 Å². The molecule has 76 valence electrons. The summed E-state index contributed by atoms with van der Waals surface area (Å²) in [5.41, 5.74) is 4.89. The molecule has 0 aromatic carbocycles. The third-order valence-corrected chi connectivity index (χ3v) is 1.93. The van der Waals surface area contributed by atoms with E-state index in [1.54, 1.807) is 6.20 Å². The van der Waals surface area contributed by atoms with Crippen LogP contribution in [-0.2, 0) is 0 Å². The lowest BCUT2D eigenvalue weighted by molar-refractivity contribution is 0.249. The molecule has 0 aliphatic heterocycles. The quantitative estimate of drug-likeness (QED) is 0.703. The Labute approximate surface area is 90.2 Å². The van der Waals surface area contributed by atoms with E-state index in [0.29, 0.717) is 13.1 Å². The molecule has 1 aromatic heterocycles. The number of rotatable bonds is 4. The first-order valence-electron chi connectivity index (χ1n) is 4.07. The Balaban J connectivity index is 2.25. The molecule has 4 N–H and O–H groups in total. The van der Waals surface area contributed by atoms with Gasteiger partial charge in [-0.2, -0.15) is 0 Å². The second kappa shape index (κ2) is 5.43. The Morgan fingerprint density at radius 1 is 1.50 bits per heavy atom. The molecule has 1 heterocycles. The van der Waals surface area contributed by atoms with Gasteiger partial charge in [0.05, 0.1) is 0 Å². The van der Waals surface area contributed by atoms with Crippen LogP contribution in [-0.4, -0.2) is 24.1 Å². The van der Waals surface area contributed by atoms with Crippen molar-refractivity contribution in [2.45, 2.75) is 0 Å². The van der Waals surface area contributed by atoms with Crippen molar-refractivity contribution in [3.63, 3.8) is 0 Å². The van der Waals surface area contributed by atoms with E-state index in [9.17, 15) is 4.79 Å². The molecule has 0 fully saturated rings. The number of nitrogens with zero attached hydrogens (tertiary/aromatic N) is 1. The van der Waals surface area contributed by atoms with E-state index in [1.807, 2.05) is 12.1 Å². The Hall–Kier alpha value is -1.30. The highest BCUT2D eigenvalue weighted by atomic mass is 79.9. The highest BCUT2D eigenvalue weighted by Gasteiger charge is 1.93. The fourth-order valence-electron chi connectivity index (χ4n) is 0.857. The highest BCUT2D eigenvalue weighted by Crippen LogP contribution is 2.09. The second-order valence-corrected chi connectivity index (χ2v) is 3.50. The molecule has 5 nitrogen and oxygen atoms in total. The fourth-order valence-corrected chi connectivity index (χ4v) is 1.09. The third-order valence-electron chi connectivity index (χ3n) is 1.46. The van der Waals surface area contributed by atoms with Gasteiger partial charge in [0.25, 0.3) is 0 Å². The second-order valence-electron chi connectivity index (χ2n) is 2.58. The van der Waals surface area contributed by atoms with Crippen LogP contribution in [0.3, 0.4) is 0 Å². The van der Waals surface area contributed by atoms with E-state index in [1.165, 1.54) is 0 Å². The molecule has 0 aliphatic carbocycles.